The molecular formula is C23H34N2O3. The van der Waals surface area contributed by atoms with Crippen molar-refractivity contribution < 1.29 is 14.6 Å². The quantitative estimate of drug-likeness (QED) is 0.855. The van der Waals surface area contributed by atoms with Crippen molar-refractivity contribution in [1.82, 2.24) is 9.80 Å². The normalized spacial score (nSPS) is 31.7. The van der Waals surface area contributed by atoms with E-state index in [0.717, 1.165) is 25.9 Å². The largest absolute Gasteiger partial charge is 0.444 e. The minimum Gasteiger partial charge on any atom is -0.444 e. The van der Waals surface area contributed by atoms with Gasteiger partial charge in [-0.2, -0.15) is 0 Å². The van der Waals surface area contributed by atoms with Crippen molar-refractivity contribution in [1.29, 1.82) is 0 Å². The minimum atomic E-state index is -0.511. The Labute approximate surface area is 168 Å². The number of ether oxygens (including phenoxy) is 1. The van der Waals surface area contributed by atoms with Crippen LogP contribution in [0.3, 0.4) is 0 Å². The highest BCUT2D eigenvalue weighted by Gasteiger charge is 2.63. The molecule has 0 unspecified atom stereocenters. The first-order valence-electron chi connectivity index (χ1n) is 10.7. The summed E-state index contributed by atoms with van der Waals surface area (Å²) in [5, 5.41) is 10.7. The van der Waals surface area contributed by atoms with Gasteiger partial charge in [0.1, 0.15) is 5.60 Å². The third-order valence-electron chi connectivity index (χ3n) is 6.63. The summed E-state index contributed by atoms with van der Waals surface area (Å²) >= 11 is 0. The number of carbonyl (C=O) groups is 1. The van der Waals surface area contributed by atoms with Crippen LogP contribution in [0.15, 0.2) is 30.3 Å². The Hall–Kier alpha value is -1.59. The van der Waals surface area contributed by atoms with Crippen molar-refractivity contribution in [3.05, 3.63) is 35.9 Å². The molecular weight excluding hydrogens is 352 g/mol. The monoisotopic (exact) mass is 386 g/mol. The number of fused-ring (bicyclic) bond motifs is 2. The number of carbonyl (C=O) groups excluding carboxylic acids is 1. The summed E-state index contributed by atoms with van der Waals surface area (Å²) in [6.07, 6.45) is 3.61. The average molecular weight is 387 g/mol. The van der Waals surface area contributed by atoms with Crippen LogP contribution in [0.5, 0.6) is 0 Å². The number of aliphatic hydroxyl groups is 1. The summed E-state index contributed by atoms with van der Waals surface area (Å²) in [4.78, 5) is 17.7. The molecule has 5 heteroatoms. The lowest BCUT2D eigenvalue weighted by Gasteiger charge is -2.54. The first-order valence-corrected chi connectivity index (χ1v) is 10.7. The van der Waals surface area contributed by atoms with Gasteiger partial charge in [-0.1, -0.05) is 30.3 Å². The van der Waals surface area contributed by atoms with Crippen LogP contribution in [0.25, 0.3) is 0 Å². The van der Waals surface area contributed by atoms with Crippen molar-refractivity contribution in [3.8, 4) is 0 Å². The smallest absolute Gasteiger partial charge is 0.411 e. The number of likely N-dealkylation sites (tertiary alicyclic amines) is 1. The van der Waals surface area contributed by atoms with Gasteiger partial charge < -0.3 is 9.84 Å². The Bertz CT molecular complexity index is 710. The van der Waals surface area contributed by atoms with Crippen molar-refractivity contribution in [2.24, 2.45) is 5.92 Å². The van der Waals surface area contributed by atoms with Crippen LogP contribution in [0.1, 0.15) is 58.9 Å². The van der Waals surface area contributed by atoms with Gasteiger partial charge in [-0.05, 0) is 64.9 Å². The van der Waals surface area contributed by atoms with Gasteiger partial charge in [-0.3, -0.25) is 9.80 Å². The fourth-order valence-corrected chi connectivity index (χ4v) is 5.54. The van der Waals surface area contributed by atoms with Crippen LogP contribution in [-0.4, -0.2) is 56.9 Å². The first-order chi connectivity index (χ1) is 13.2. The lowest BCUT2D eigenvalue weighted by Crippen LogP contribution is -2.70. The third-order valence-corrected chi connectivity index (χ3v) is 6.63. The average Bonchev–Trinajstić information content (AvgIpc) is 3.40. The van der Waals surface area contributed by atoms with Crippen LogP contribution < -0.4 is 0 Å². The minimum absolute atomic E-state index is 0.00733. The molecule has 1 aromatic carbocycles. The Morgan fingerprint density at radius 1 is 1.25 bits per heavy atom. The maximum Gasteiger partial charge on any atom is 0.411 e. The fraction of sp³-hybridized carbons (Fsp3) is 0.696. The Kier molecular flexibility index (Phi) is 4.95. The molecule has 2 saturated heterocycles. The molecule has 2 aliphatic heterocycles. The summed E-state index contributed by atoms with van der Waals surface area (Å²) in [5.41, 5.74) is 0.597. The summed E-state index contributed by atoms with van der Waals surface area (Å²) in [7, 11) is 0. The summed E-state index contributed by atoms with van der Waals surface area (Å²) in [6, 6.07) is 10.4. The van der Waals surface area contributed by atoms with E-state index in [1.54, 1.807) is 0 Å². The zero-order chi connectivity index (χ0) is 20.1. The highest BCUT2D eigenvalue weighted by Crippen LogP contribution is 2.55. The van der Waals surface area contributed by atoms with Gasteiger partial charge in [0.25, 0.3) is 0 Å². The molecule has 3 fully saturated rings. The number of nitrogens with zero attached hydrogens (tertiary/aromatic N) is 2. The summed E-state index contributed by atoms with van der Waals surface area (Å²) < 4.78 is 5.83. The van der Waals surface area contributed by atoms with Crippen molar-refractivity contribution in [2.75, 3.05) is 6.54 Å². The highest BCUT2D eigenvalue weighted by atomic mass is 16.6. The van der Waals surface area contributed by atoms with Gasteiger partial charge >= 0.3 is 6.09 Å². The molecule has 0 spiro atoms. The van der Waals surface area contributed by atoms with Gasteiger partial charge in [-0.15, -0.1) is 0 Å². The van der Waals surface area contributed by atoms with E-state index in [1.807, 2.05) is 33.8 Å². The molecule has 0 radical (unpaired) electrons. The zero-order valence-electron chi connectivity index (χ0n) is 17.6. The van der Waals surface area contributed by atoms with E-state index < -0.39 is 11.7 Å². The molecule has 1 saturated carbocycles. The van der Waals surface area contributed by atoms with Crippen LogP contribution >= 0.6 is 0 Å². The number of piperazine rings is 1. The van der Waals surface area contributed by atoms with E-state index in [4.69, 9.17) is 4.74 Å². The third kappa shape index (κ3) is 3.55. The van der Waals surface area contributed by atoms with Crippen LogP contribution in [0.4, 0.5) is 4.79 Å². The van der Waals surface area contributed by atoms with Crippen LogP contribution in [-0.2, 0) is 11.3 Å². The number of rotatable bonds is 4. The SMILES string of the molecule is C[C@H](O)[C@@H]1[C@@H]2CC[C@](C3CC3)(CN1Cc1ccccc1)N2C(=O)OC(C)(C)C. The van der Waals surface area contributed by atoms with Crippen LogP contribution in [0.2, 0.25) is 0 Å². The molecule has 154 valence electrons. The van der Waals surface area contributed by atoms with Crippen molar-refractivity contribution in [2.45, 2.75) is 89.3 Å². The number of hydrogen-bond acceptors (Lipinski definition) is 4. The lowest BCUT2D eigenvalue weighted by molar-refractivity contribution is -0.0887. The second kappa shape index (κ2) is 7.03. The molecule has 28 heavy (non-hydrogen) atoms. The Balaban J connectivity index is 1.66. The molecule has 1 aromatic rings. The lowest BCUT2D eigenvalue weighted by atomic mass is 9.87. The molecule has 4 atom stereocenters. The molecule has 3 aliphatic rings. The van der Waals surface area contributed by atoms with E-state index >= 15 is 0 Å². The maximum atomic E-state index is 13.2. The molecule has 1 aliphatic carbocycles. The molecule has 4 rings (SSSR count). The van der Waals surface area contributed by atoms with E-state index in [-0.39, 0.29) is 23.7 Å². The summed E-state index contributed by atoms with van der Waals surface area (Å²) in [5.74, 6) is 0.554. The molecule has 2 bridgehead atoms. The van der Waals surface area contributed by atoms with Crippen molar-refractivity contribution >= 4 is 6.09 Å². The fourth-order valence-electron chi connectivity index (χ4n) is 5.54. The van der Waals surface area contributed by atoms with E-state index in [1.165, 1.54) is 18.4 Å². The maximum absolute atomic E-state index is 13.2. The standard InChI is InChI=1S/C23H34N2O3/c1-16(26)20-19-12-13-23(18-10-11-18,25(19)21(27)28-22(2,3)4)15-24(20)14-17-8-6-5-7-9-17/h5-9,16,18-20,26H,10-15H2,1-4H3/t16-,19-,20+,23+/m0/s1. The van der Waals surface area contributed by atoms with Gasteiger partial charge in [0.2, 0.25) is 0 Å². The van der Waals surface area contributed by atoms with Gasteiger partial charge in [-0.25, -0.2) is 4.79 Å². The molecule has 0 aromatic heterocycles. The van der Waals surface area contributed by atoms with E-state index in [0.29, 0.717) is 5.92 Å². The van der Waals surface area contributed by atoms with E-state index in [9.17, 15) is 9.90 Å². The Morgan fingerprint density at radius 2 is 1.93 bits per heavy atom. The van der Waals surface area contributed by atoms with Gasteiger partial charge in [0, 0.05) is 13.1 Å². The van der Waals surface area contributed by atoms with Crippen molar-refractivity contribution in [3.63, 3.8) is 0 Å². The van der Waals surface area contributed by atoms with E-state index in [2.05, 4.69) is 34.1 Å². The second-order valence-electron chi connectivity index (χ2n) is 9.96. The number of aliphatic hydroxyl groups excluding tert-OH is 1. The number of benzene rings is 1. The predicted molar refractivity (Wildman–Crippen MR) is 109 cm³/mol. The predicted octanol–water partition coefficient (Wildman–Crippen LogP) is 3.80. The number of amides is 1. The van der Waals surface area contributed by atoms with Crippen LogP contribution in [0, 0.1) is 5.92 Å². The Morgan fingerprint density at radius 3 is 2.50 bits per heavy atom. The molecule has 2 heterocycles. The summed E-state index contributed by atoms with van der Waals surface area (Å²) in [6.45, 7) is 9.26. The molecule has 1 amide bonds. The first kappa shape index (κ1) is 19.7. The molecule has 1 N–H and O–H groups in total. The highest BCUT2D eigenvalue weighted by molar-refractivity contribution is 5.71. The second-order valence-corrected chi connectivity index (χ2v) is 9.96. The topological polar surface area (TPSA) is 53.0 Å². The zero-order valence-corrected chi connectivity index (χ0v) is 17.6. The molecule has 5 nitrogen and oxygen atoms in total. The van der Waals surface area contributed by atoms with Gasteiger partial charge in [0.05, 0.1) is 23.7 Å². The number of hydrogen-bond donors (Lipinski definition) is 1. The van der Waals surface area contributed by atoms with Gasteiger partial charge in [0.15, 0.2) is 0 Å².